The fraction of sp³-hybridized carbons (Fsp3) is 0.533. The first-order valence-electron chi connectivity index (χ1n) is 6.98. The SMILES string of the molecule is COCC(O)CCNC(=O)C1NCCc2ccccc21. The summed E-state index contributed by atoms with van der Waals surface area (Å²) in [4.78, 5) is 12.2. The average molecular weight is 278 g/mol. The predicted molar refractivity (Wildman–Crippen MR) is 76.4 cm³/mol. The second-order valence-corrected chi connectivity index (χ2v) is 5.02. The zero-order chi connectivity index (χ0) is 14.4. The fourth-order valence-corrected chi connectivity index (χ4v) is 2.48. The van der Waals surface area contributed by atoms with Crippen molar-refractivity contribution in [1.82, 2.24) is 10.6 Å². The first kappa shape index (κ1) is 15.0. The van der Waals surface area contributed by atoms with E-state index >= 15 is 0 Å². The topological polar surface area (TPSA) is 70.6 Å². The minimum atomic E-state index is -0.535. The van der Waals surface area contributed by atoms with Gasteiger partial charge in [0.1, 0.15) is 6.04 Å². The molecule has 110 valence electrons. The highest BCUT2D eigenvalue weighted by Gasteiger charge is 2.25. The molecule has 0 aromatic heterocycles. The maximum Gasteiger partial charge on any atom is 0.241 e. The smallest absolute Gasteiger partial charge is 0.241 e. The maximum absolute atomic E-state index is 12.2. The number of nitrogens with one attached hydrogen (secondary N) is 2. The Hall–Kier alpha value is -1.43. The summed E-state index contributed by atoms with van der Waals surface area (Å²) in [5.41, 5.74) is 2.28. The summed E-state index contributed by atoms with van der Waals surface area (Å²) in [6.45, 7) is 1.55. The number of fused-ring (bicyclic) bond motifs is 1. The third kappa shape index (κ3) is 3.79. The van der Waals surface area contributed by atoms with Crippen molar-refractivity contribution in [3.05, 3.63) is 35.4 Å². The molecular weight excluding hydrogens is 256 g/mol. The molecule has 5 heteroatoms. The van der Waals surface area contributed by atoms with E-state index in [9.17, 15) is 9.90 Å². The van der Waals surface area contributed by atoms with Gasteiger partial charge in [0.15, 0.2) is 0 Å². The molecule has 1 aliphatic rings. The van der Waals surface area contributed by atoms with E-state index in [2.05, 4.69) is 16.7 Å². The van der Waals surface area contributed by atoms with Gasteiger partial charge >= 0.3 is 0 Å². The largest absolute Gasteiger partial charge is 0.391 e. The van der Waals surface area contributed by atoms with Gasteiger partial charge in [-0.15, -0.1) is 0 Å². The molecule has 0 saturated carbocycles. The molecule has 1 aliphatic heterocycles. The Morgan fingerprint density at radius 3 is 3.15 bits per heavy atom. The zero-order valence-electron chi connectivity index (χ0n) is 11.8. The molecule has 1 aromatic rings. The van der Waals surface area contributed by atoms with Gasteiger partial charge in [-0.3, -0.25) is 4.79 Å². The van der Waals surface area contributed by atoms with Crippen LogP contribution in [-0.4, -0.2) is 43.9 Å². The molecule has 20 heavy (non-hydrogen) atoms. The van der Waals surface area contributed by atoms with E-state index in [4.69, 9.17) is 4.74 Å². The molecule has 0 radical (unpaired) electrons. The molecule has 1 heterocycles. The van der Waals surface area contributed by atoms with Crippen LogP contribution in [0.25, 0.3) is 0 Å². The normalized spacial score (nSPS) is 19.2. The van der Waals surface area contributed by atoms with Crippen molar-refractivity contribution >= 4 is 5.91 Å². The number of carbonyl (C=O) groups is 1. The van der Waals surface area contributed by atoms with E-state index in [-0.39, 0.29) is 11.9 Å². The minimum absolute atomic E-state index is 0.0400. The van der Waals surface area contributed by atoms with Crippen LogP contribution in [0, 0.1) is 0 Å². The molecule has 2 rings (SSSR count). The lowest BCUT2D eigenvalue weighted by Gasteiger charge is -2.26. The molecule has 0 spiro atoms. The van der Waals surface area contributed by atoms with Crippen LogP contribution in [0.5, 0.6) is 0 Å². The number of hydrogen-bond donors (Lipinski definition) is 3. The van der Waals surface area contributed by atoms with Gasteiger partial charge < -0.3 is 20.5 Å². The Balaban J connectivity index is 1.87. The zero-order valence-corrected chi connectivity index (χ0v) is 11.8. The molecule has 3 N–H and O–H groups in total. The molecule has 0 fully saturated rings. The number of hydrogen-bond acceptors (Lipinski definition) is 4. The minimum Gasteiger partial charge on any atom is -0.391 e. The van der Waals surface area contributed by atoms with E-state index in [0.29, 0.717) is 19.6 Å². The van der Waals surface area contributed by atoms with E-state index in [1.807, 2.05) is 18.2 Å². The maximum atomic E-state index is 12.2. The Labute approximate surface area is 119 Å². The summed E-state index contributed by atoms with van der Waals surface area (Å²) in [7, 11) is 1.55. The number of carbonyl (C=O) groups excluding carboxylic acids is 1. The first-order chi connectivity index (χ1) is 9.72. The van der Waals surface area contributed by atoms with Crippen LogP contribution < -0.4 is 10.6 Å². The van der Waals surface area contributed by atoms with Crippen molar-refractivity contribution in [3.8, 4) is 0 Å². The molecule has 0 bridgehead atoms. The van der Waals surface area contributed by atoms with Crippen molar-refractivity contribution in [2.75, 3.05) is 26.8 Å². The van der Waals surface area contributed by atoms with Gasteiger partial charge in [0.2, 0.25) is 5.91 Å². The number of methoxy groups -OCH3 is 1. The summed E-state index contributed by atoms with van der Waals surface area (Å²) in [5, 5.41) is 15.6. The quantitative estimate of drug-likeness (QED) is 0.704. The van der Waals surface area contributed by atoms with Gasteiger partial charge in [0, 0.05) is 20.2 Å². The third-order valence-electron chi connectivity index (χ3n) is 3.51. The Morgan fingerprint density at radius 1 is 1.55 bits per heavy atom. The fourth-order valence-electron chi connectivity index (χ4n) is 2.48. The Kier molecular flexibility index (Phi) is 5.52. The molecule has 2 atom stereocenters. The number of aliphatic hydroxyl groups is 1. The lowest BCUT2D eigenvalue weighted by molar-refractivity contribution is -0.123. The molecule has 0 aliphatic carbocycles. The standard InChI is InChI=1S/C15H22N2O3/c1-20-10-12(18)7-9-17-15(19)14-13-5-3-2-4-11(13)6-8-16-14/h2-5,12,14,16,18H,6-10H2,1H3,(H,17,19). The Bertz CT molecular complexity index is 450. The molecule has 2 unspecified atom stereocenters. The highest BCUT2D eigenvalue weighted by molar-refractivity contribution is 5.83. The highest BCUT2D eigenvalue weighted by atomic mass is 16.5. The molecular formula is C15H22N2O3. The van der Waals surface area contributed by atoms with Gasteiger partial charge in [0.05, 0.1) is 12.7 Å². The van der Waals surface area contributed by atoms with Crippen LogP contribution in [0.1, 0.15) is 23.6 Å². The Morgan fingerprint density at radius 2 is 2.35 bits per heavy atom. The van der Waals surface area contributed by atoms with Gasteiger partial charge in [-0.25, -0.2) is 0 Å². The number of ether oxygens (including phenoxy) is 1. The lowest BCUT2D eigenvalue weighted by atomic mass is 9.94. The van der Waals surface area contributed by atoms with Gasteiger partial charge in [-0.05, 0) is 24.0 Å². The molecule has 1 aromatic carbocycles. The van der Waals surface area contributed by atoms with Crippen LogP contribution in [0.4, 0.5) is 0 Å². The van der Waals surface area contributed by atoms with E-state index in [1.165, 1.54) is 5.56 Å². The number of benzene rings is 1. The third-order valence-corrected chi connectivity index (χ3v) is 3.51. The summed E-state index contributed by atoms with van der Waals surface area (Å²) in [5.74, 6) is -0.0400. The second kappa shape index (κ2) is 7.38. The number of rotatable bonds is 6. The molecule has 5 nitrogen and oxygen atoms in total. The van der Waals surface area contributed by atoms with Crippen LogP contribution in [0.3, 0.4) is 0 Å². The van der Waals surface area contributed by atoms with Crippen molar-refractivity contribution in [1.29, 1.82) is 0 Å². The van der Waals surface area contributed by atoms with Crippen molar-refractivity contribution < 1.29 is 14.6 Å². The summed E-state index contributed by atoms with van der Waals surface area (Å²) in [6, 6.07) is 7.72. The highest BCUT2D eigenvalue weighted by Crippen LogP contribution is 2.22. The van der Waals surface area contributed by atoms with E-state index in [0.717, 1.165) is 18.5 Å². The monoisotopic (exact) mass is 278 g/mol. The number of aliphatic hydroxyl groups excluding tert-OH is 1. The average Bonchev–Trinajstić information content (AvgIpc) is 2.47. The van der Waals surface area contributed by atoms with Crippen molar-refractivity contribution in [2.45, 2.75) is 25.0 Å². The van der Waals surface area contributed by atoms with Crippen LogP contribution >= 0.6 is 0 Å². The summed E-state index contributed by atoms with van der Waals surface area (Å²) >= 11 is 0. The van der Waals surface area contributed by atoms with E-state index in [1.54, 1.807) is 7.11 Å². The van der Waals surface area contributed by atoms with Crippen LogP contribution in [0.2, 0.25) is 0 Å². The molecule has 1 amide bonds. The predicted octanol–water partition coefficient (Wildman–Crippen LogP) is 0.387. The van der Waals surface area contributed by atoms with Gasteiger partial charge in [0.25, 0.3) is 0 Å². The van der Waals surface area contributed by atoms with Crippen molar-refractivity contribution in [3.63, 3.8) is 0 Å². The van der Waals surface area contributed by atoms with Crippen LogP contribution in [0.15, 0.2) is 24.3 Å². The second-order valence-electron chi connectivity index (χ2n) is 5.02. The summed E-state index contributed by atoms with van der Waals surface area (Å²) in [6.07, 6.45) is 0.910. The van der Waals surface area contributed by atoms with Gasteiger partial charge in [-0.2, -0.15) is 0 Å². The molecule has 0 saturated heterocycles. The van der Waals surface area contributed by atoms with Crippen molar-refractivity contribution in [2.24, 2.45) is 0 Å². The van der Waals surface area contributed by atoms with Crippen LogP contribution in [-0.2, 0) is 16.0 Å². The first-order valence-corrected chi connectivity index (χ1v) is 6.98. The lowest BCUT2D eigenvalue weighted by Crippen LogP contribution is -2.42. The number of amides is 1. The summed E-state index contributed by atoms with van der Waals surface area (Å²) < 4.78 is 4.85. The van der Waals surface area contributed by atoms with E-state index < -0.39 is 6.10 Å². The van der Waals surface area contributed by atoms with Gasteiger partial charge in [-0.1, -0.05) is 24.3 Å².